The van der Waals surface area contributed by atoms with Crippen molar-refractivity contribution in [3.05, 3.63) is 11.1 Å². The van der Waals surface area contributed by atoms with Crippen LogP contribution in [0.2, 0.25) is 0 Å². The Morgan fingerprint density at radius 3 is 2.92 bits per heavy atom. The molecule has 2 unspecified atom stereocenters. The number of rotatable bonds is 2. The molecule has 1 aromatic heterocycles. The van der Waals surface area contributed by atoms with Crippen molar-refractivity contribution < 1.29 is 4.74 Å². The molecule has 2 N–H and O–H groups in total. The number of hydrogen-bond donors (Lipinski definition) is 1. The Balaban J connectivity index is 2.20. The summed E-state index contributed by atoms with van der Waals surface area (Å²) in [6.07, 6.45) is 1.62. The lowest BCUT2D eigenvalue weighted by Crippen LogP contribution is -2.33. The summed E-state index contributed by atoms with van der Waals surface area (Å²) in [5, 5.41) is 4.04. The summed E-state index contributed by atoms with van der Waals surface area (Å²) in [5.41, 5.74) is 4.95. The molecule has 0 amide bonds. The van der Waals surface area contributed by atoms with Gasteiger partial charge < -0.3 is 15.0 Å². The van der Waals surface area contributed by atoms with E-state index in [9.17, 15) is 0 Å². The van der Waals surface area contributed by atoms with Gasteiger partial charge in [0, 0.05) is 7.05 Å². The molecule has 0 bridgehead atoms. The maximum absolute atomic E-state index is 5.74. The van der Waals surface area contributed by atoms with Crippen LogP contribution in [0.5, 0.6) is 0 Å². The zero-order valence-corrected chi connectivity index (χ0v) is 7.99. The van der Waals surface area contributed by atoms with Crippen LogP contribution in [0.1, 0.15) is 0 Å². The lowest BCUT2D eigenvalue weighted by molar-refractivity contribution is 0.269. The Morgan fingerprint density at radius 1 is 1.92 bits per heavy atom. The first-order valence-electron chi connectivity index (χ1n) is 3.84. The molecule has 0 saturated carbocycles. The highest BCUT2D eigenvalue weighted by Gasteiger charge is 2.49. The van der Waals surface area contributed by atoms with E-state index >= 15 is 0 Å². The summed E-state index contributed by atoms with van der Waals surface area (Å²) in [4.78, 5) is 0. The first-order valence-corrected chi connectivity index (χ1v) is 4.24. The number of aryl methyl sites for hydroxylation is 1. The Morgan fingerprint density at radius 2 is 2.54 bits per heavy atom. The number of ether oxygens (including phenoxy) is 1. The van der Waals surface area contributed by atoms with Crippen LogP contribution in [0.25, 0.3) is 0 Å². The molecule has 1 aliphatic heterocycles. The van der Waals surface area contributed by atoms with Crippen LogP contribution in [-0.2, 0) is 18.3 Å². The Bertz CT molecular complexity index is 388. The fourth-order valence-electron chi connectivity index (χ4n) is 1.09. The molecule has 5 nitrogen and oxygen atoms in total. The van der Waals surface area contributed by atoms with E-state index in [0.29, 0.717) is 11.3 Å². The first kappa shape index (κ1) is 8.92. The van der Waals surface area contributed by atoms with Crippen LogP contribution < -0.4 is 5.73 Å². The molecule has 1 aromatic rings. The minimum Gasteiger partial charge on any atom is -0.359 e. The fourth-order valence-corrected chi connectivity index (χ4v) is 1.25. The van der Waals surface area contributed by atoms with Crippen molar-refractivity contribution >= 4 is 20.1 Å². The molecule has 2 rings (SSSR count). The van der Waals surface area contributed by atoms with Gasteiger partial charge in [0.05, 0.1) is 12.5 Å². The average molecular weight is 196 g/mol. The largest absolute Gasteiger partial charge is 0.359 e. The highest BCUT2D eigenvalue weighted by molar-refractivity contribution is 7.71. The Kier molecular flexibility index (Phi) is 1.83. The summed E-state index contributed by atoms with van der Waals surface area (Å²) >= 11 is 5.07. The average Bonchev–Trinajstić information content (AvgIpc) is 2.54. The van der Waals surface area contributed by atoms with Gasteiger partial charge in [-0.1, -0.05) is 0 Å². The van der Waals surface area contributed by atoms with Crippen LogP contribution in [0.15, 0.2) is 6.33 Å². The third-order valence-electron chi connectivity index (χ3n) is 2.05. The maximum atomic E-state index is 5.74. The van der Waals surface area contributed by atoms with E-state index in [4.69, 9.17) is 30.5 Å². The molecule has 2 atom stereocenters. The van der Waals surface area contributed by atoms with Crippen molar-refractivity contribution in [2.75, 3.05) is 0 Å². The molecule has 2 heterocycles. The summed E-state index contributed by atoms with van der Waals surface area (Å²) in [6, 6.07) is -0.406. The molecule has 0 aliphatic carbocycles. The monoisotopic (exact) mass is 196 g/mol. The third kappa shape index (κ3) is 1.43. The molecule has 2 radical (unpaired) electrons. The lowest BCUT2D eigenvalue weighted by Gasteiger charge is -2.05. The number of epoxide rings is 1. The van der Waals surface area contributed by atoms with E-state index in [2.05, 4.69) is 5.10 Å². The van der Waals surface area contributed by atoms with Gasteiger partial charge in [-0.2, -0.15) is 5.10 Å². The number of nitrogens with zero attached hydrogens (tertiary/aromatic N) is 3. The van der Waals surface area contributed by atoms with Crippen molar-refractivity contribution in [1.82, 2.24) is 14.3 Å². The summed E-state index contributed by atoms with van der Waals surface area (Å²) < 4.78 is 8.94. The standard InChI is InChI=1S/C6H9BN4OS/c1-10-3-9-11(5(10)13)2-6(8)4(7)12-6/h3-4H,2,8H2,1H3. The van der Waals surface area contributed by atoms with Crippen molar-refractivity contribution in [2.24, 2.45) is 12.8 Å². The van der Waals surface area contributed by atoms with Crippen molar-refractivity contribution in [2.45, 2.75) is 18.3 Å². The number of aromatic nitrogens is 3. The second kappa shape index (κ2) is 2.66. The highest BCUT2D eigenvalue weighted by Crippen LogP contribution is 2.29. The minimum absolute atomic E-state index is 0.397. The summed E-state index contributed by atoms with van der Waals surface area (Å²) in [7, 11) is 7.30. The normalized spacial score (nSPS) is 32.0. The minimum atomic E-state index is -0.785. The molecule has 0 spiro atoms. The highest BCUT2D eigenvalue weighted by atomic mass is 32.1. The second-order valence-electron chi connectivity index (χ2n) is 3.18. The molecule has 0 aromatic carbocycles. The van der Waals surface area contributed by atoms with E-state index in [1.807, 2.05) is 7.05 Å². The molecule has 1 fully saturated rings. The predicted octanol–water partition coefficient (Wildman–Crippen LogP) is -0.869. The molecule has 13 heavy (non-hydrogen) atoms. The topological polar surface area (TPSA) is 61.3 Å². The van der Waals surface area contributed by atoms with E-state index in [-0.39, 0.29) is 0 Å². The van der Waals surface area contributed by atoms with Gasteiger partial charge in [0.15, 0.2) is 10.5 Å². The first-order chi connectivity index (χ1) is 6.03. The molecule has 1 saturated heterocycles. The van der Waals surface area contributed by atoms with Gasteiger partial charge in [-0.25, -0.2) is 4.68 Å². The van der Waals surface area contributed by atoms with Gasteiger partial charge in [-0.05, 0) is 12.2 Å². The zero-order chi connectivity index (χ0) is 9.64. The molecular weight excluding hydrogens is 187 g/mol. The predicted molar refractivity (Wildman–Crippen MR) is 49.6 cm³/mol. The van der Waals surface area contributed by atoms with Gasteiger partial charge in [-0.15, -0.1) is 0 Å². The lowest BCUT2D eigenvalue weighted by atomic mass is 9.98. The van der Waals surface area contributed by atoms with Gasteiger partial charge in [0.1, 0.15) is 14.2 Å². The van der Waals surface area contributed by atoms with Gasteiger partial charge >= 0.3 is 0 Å². The van der Waals surface area contributed by atoms with Crippen molar-refractivity contribution in [3.63, 3.8) is 0 Å². The zero-order valence-electron chi connectivity index (χ0n) is 7.17. The second-order valence-corrected chi connectivity index (χ2v) is 3.54. The van der Waals surface area contributed by atoms with Gasteiger partial charge in [-0.3, -0.25) is 0 Å². The molecule has 1 aliphatic rings. The van der Waals surface area contributed by atoms with Crippen LogP contribution in [0.4, 0.5) is 0 Å². The van der Waals surface area contributed by atoms with E-state index in [1.165, 1.54) is 0 Å². The maximum Gasteiger partial charge on any atom is 0.197 e. The molecule has 68 valence electrons. The smallest absolute Gasteiger partial charge is 0.197 e. The summed E-state index contributed by atoms with van der Waals surface area (Å²) in [5.74, 6) is 0. The van der Waals surface area contributed by atoms with E-state index < -0.39 is 11.7 Å². The number of nitrogens with two attached hydrogens (primary N) is 1. The van der Waals surface area contributed by atoms with Crippen LogP contribution in [-0.4, -0.2) is 33.9 Å². The Hall–Kier alpha value is -0.655. The SMILES string of the molecule is [B]C1OC1(N)Cn1ncn(C)c1=S. The van der Waals surface area contributed by atoms with Crippen LogP contribution in [0, 0.1) is 4.77 Å². The number of hydrogen-bond acceptors (Lipinski definition) is 4. The Labute approximate surface area is 81.9 Å². The van der Waals surface area contributed by atoms with Crippen molar-refractivity contribution in [3.8, 4) is 0 Å². The molecular formula is C6H9BN4OS. The van der Waals surface area contributed by atoms with Crippen LogP contribution in [0.3, 0.4) is 0 Å². The van der Waals surface area contributed by atoms with Crippen molar-refractivity contribution in [1.29, 1.82) is 0 Å². The fraction of sp³-hybridized carbons (Fsp3) is 0.667. The molecule has 7 heteroatoms. The van der Waals surface area contributed by atoms with Gasteiger partial charge in [0.2, 0.25) is 0 Å². The van der Waals surface area contributed by atoms with Gasteiger partial charge in [0.25, 0.3) is 0 Å². The third-order valence-corrected chi connectivity index (χ3v) is 2.55. The van der Waals surface area contributed by atoms with E-state index in [1.54, 1.807) is 15.6 Å². The summed E-state index contributed by atoms with van der Waals surface area (Å²) in [6.45, 7) is 0.397. The van der Waals surface area contributed by atoms with E-state index in [0.717, 1.165) is 0 Å². The van der Waals surface area contributed by atoms with Crippen LogP contribution >= 0.6 is 12.2 Å². The quantitative estimate of drug-likeness (QED) is 0.379.